The number of aldehydes is 1. The second-order valence-corrected chi connectivity index (χ2v) is 7.14. The first-order valence-electron chi connectivity index (χ1n) is 8.63. The number of hydrogen-bond donors (Lipinski definition) is 2. The van der Waals surface area contributed by atoms with Gasteiger partial charge in [0.1, 0.15) is 12.0 Å². The number of benzene rings is 2. The third-order valence-electron chi connectivity index (χ3n) is 5.19. The van der Waals surface area contributed by atoms with Gasteiger partial charge >= 0.3 is 0 Å². The molecule has 1 heterocycles. The average molecular weight is 323 g/mol. The summed E-state index contributed by atoms with van der Waals surface area (Å²) in [7, 11) is 0. The lowest BCUT2D eigenvalue weighted by atomic mass is 9.80. The lowest BCUT2D eigenvalue weighted by Gasteiger charge is -2.24. The molecule has 1 saturated heterocycles. The van der Waals surface area contributed by atoms with E-state index in [4.69, 9.17) is 0 Å². The molecule has 2 N–H and O–H groups in total. The fraction of sp³-hybridized carbons (Fsp3) is 0.381. The fourth-order valence-electron chi connectivity index (χ4n) is 3.67. The van der Waals surface area contributed by atoms with E-state index in [9.17, 15) is 9.90 Å². The lowest BCUT2D eigenvalue weighted by Crippen LogP contribution is -2.39. The highest BCUT2D eigenvalue weighted by molar-refractivity contribution is 5.61. The Morgan fingerprint density at radius 3 is 2.50 bits per heavy atom. The van der Waals surface area contributed by atoms with Gasteiger partial charge in [0.25, 0.3) is 0 Å². The number of aromatic hydroxyl groups is 1. The molecule has 0 aromatic heterocycles. The SMILES string of the molecule is CC1(C=O)CC(CCc2ccccc2)NC1Cc1ccc(O)cc1. The molecule has 0 bridgehead atoms. The van der Waals surface area contributed by atoms with E-state index in [1.54, 1.807) is 12.1 Å². The Morgan fingerprint density at radius 1 is 1.12 bits per heavy atom. The maximum atomic E-state index is 11.7. The largest absolute Gasteiger partial charge is 0.508 e. The molecule has 3 unspecified atom stereocenters. The number of aryl methyl sites for hydroxylation is 1. The molecule has 1 aliphatic heterocycles. The summed E-state index contributed by atoms with van der Waals surface area (Å²) in [6.45, 7) is 2.06. The lowest BCUT2D eigenvalue weighted by molar-refractivity contribution is -0.115. The molecule has 0 aliphatic carbocycles. The molecule has 0 radical (unpaired) electrons. The number of hydrogen-bond acceptors (Lipinski definition) is 3. The molecule has 1 fully saturated rings. The van der Waals surface area contributed by atoms with Crippen molar-refractivity contribution >= 4 is 6.29 Å². The summed E-state index contributed by atoms with van der Waals surface area (Å²) >= 11 is 0. The number of carbonyl (C=O) groups excluding carboxylic acids is 1. The Kier molecular flexibility index (Phi) is 5.00. The van der Waals surface area contributed by atoms with Crippen LogP contribution in [0.4, 0.5) is 0 Å². The summed E-state index contributed by atoms with van der Waals surface area (Å²) in [6, 6.07) is 18.3. The van der Waals surface area contributed by atoms with E-state index in [0.717, 1.165) is 37.5 Å². The quantitative estimate of drug-likeness (QED) is 0.800. The molecule has 1 aliphatic rings. The van der Waals surface area contributed by atoms with Gasteiger partial charge in [-0.2, -0.15) is 0 Å². The molecule has 0 saturated carbocycles. The highest BCUT2D eigenvalue weighted by atomic mass is 16.3. The number of rotatable bonds is 6. The maximum Gasteiger partial charge on any atom is 0.127 e. The summed E-state index contributed by atoms with van der Waals surface area (Å²) in [5, 5.41) is 13.1. The van der Waals surface area contributed by atoms with Crippen LogP contribution in [0.5, 0.6) is 5.75 Å². The van der Waals surface area contributed by atoms with Crippen molar-refractivity contribution in [3.05, 3.63) is 65.7 Å². The molecule has 0 spiro atoms. The average Bonchev–Trinajstić information content (AvgIpc) is 2.92. The first-order valence-corrected chi connectivity index (χ1v) is 8.63. The Morgan fingerprint density at radius 2 is 1.83 bits per heavy atom. The molecule has 3 rings (SSSR count). The van der Waals surface area contributed by atoms with Gasteiger partial charge in [-0.25, -0.2) is 0 Å². The predicted octanol–water partition coefficient (Wildman–Crippen LogP) is 3.50. The van der Waals surface area contributed by atoms with Crippen molar-refractivity contribution in [1.29, 1.82) is 0 Å². The van der Waals surface area contributed by atoms with Crippen LogP contribution in [0.3, 0.4) is 0 Å². The zero-order valence-corrected chi connectivity index (χ0v) is 14.1. The van der Waals surface area contributed by atoms with Crippen molar-refractivity contribution in [1.82, 2.24) is 5.32 Å². The molecule has 2 aromatic rings. The zero-order valence-electron chi connectivity index (χ0n) is 14.1. The summed E-state index contributed by atoms with van der Waals surface area (Å²) in [5.41, 5.74) is 2.15. The van der Waals surface area contributed by atoms with Crippen LogP contribution in [0.2, 0.25) is 0 Å². The van der Waals surface area contributed by atoms with Crippen LogP contribution in [0.1, 0.15) is 30.9 Å². The molecular weight excluding hydrogens is 298 g/mol. The number of carbonyl (C=O) groups is 1. The van der Waals surface area contributed by atoms with Crippen LogP contribution < -0.4 is 5.32 Å². The molecule has 126 valence electrons. The molecule has 0 amide bonds. The highest BCUT2D eigenvalue weighted by Crippen LogP contribution is 2.35. The first kappa shape index (κ1) is 16.7. The van der Waals surface area contributed by atoms with Gasteiger partial charge in [0.15, 0.2) is 0 Å². The number of phenolic OH excluding ortho intramolecular Hbond substituents is 1. The van der Waals surface area contributed by atoms with Gasteiger partial charge in [-0.1, -0.05) is 49.4 Å². The summed E-state index contributed by atoms with van der Waals surface area (Å²) < 4.78 is 0. The minimum Gasteiger partial charge on any atom is -0.508 e. The van der Waals surface area contributed by atoms with Gasteiger partial charge in [-0.3, -0.25) is 0 Å². The van der Waals surface area contributed by atoms with E-state index in [-0.39, 0.29) is 17.2 Å². The predicted molar refractivity (Wildman–Crippen MR) is 96.1 cm³/mol. The molecular formula is C21H25NO2. The van der Waals surface area contributed by atoms with Crippen LogP contribution in [-0.4, -0.2) is 23.5 Å². The van der Waals surface area contributed by atoms with E-state index in [0.29, 0.717) is 6.04 Å². The van der Waals surface area contributed by atoms with Crippen LogP contribution in [0.25, 0.3) is 0 Å². The maximum absolute atomic E-state index is 11.7. The van der Waals surface area contributed by atoms with E-state index in [2.05, 4.69) is 36.5 Å². The second kappa shape index (κ2) is 7.18. The van der Waals surface area contributed by atoms with Crippen LogP contribution >= 0.6 is 0 Å². The van der Waals surface area contributed by atoms with Crippen LogP contribution in [0, 0.1) is 5.41 Å². The van der Waals surface area contributed by atoms with Gasteiger partial charge in [-0.05, 0) is 48.9 Å². The molecule has 3 heteroatoms. The summed E-state index contributed by atoms with van der Waals surface area (Å²) in [6.07, 6.45) is 4.87. The monoisotopic (exact) mass is 323 g/mol. The zero-order chi connectivity index (χ0) is 17.0. The molecule has 3 atom stereocenters. The van der Waals surface area contributed by atoms with Crippen molar-refractivity contribution in [3.8, 4) is 5.75 Å². The van der Waals surface area contributed by atoms with Crippen molar-refractivity contribution in [2.75, 3.05) is 0 Å². The van der Waals surface area contributed by atoms with Crippen LogP contribution in [-0.2, 0) is 17.6 Å². The Labute approximate surface area is 143 Å². The van der Waals surface area contributed by atoms with E-state index in [1.165, 1.54) is 5.56 Å². The van der Waals surface area contributed by atoms with E-state index < -0.39 is 0 Å². The van der Waals surface area contributed by atoms with Crippen molar-refractivity contribution in [2.24, 2.45) is 5.41 Å². The Balaban J connectivity index is 1.63. The first-order chi connectivity index (χ1) is 11.6. The smallest absolute Gasteiger partial charge is 0.127 e. The third kappa shape index (κ3) is 3.85. The normalized spacial score (nSPS) is 26.4. The van der Waals surface area contributed by atoms with Gasteiger partial charge < -0.3 is 15.2 Å². The van der Waals surface area contributed by atoms with Gasteiger partial charge in [0.2, 0.25) is 0 Å². The number of phenols is 1. The van der Waals surface area contributed by atoms with Crippen molar-refractivity contribution < 1.29 is 9.90 Å². The van der Waals surface area contributed by atoms with Gasteiger partial charge in [0.05, 0.1) is 0 Å². The van der Waals surface area contributed by atoms with Crippen molar-refractivity contribution in [3.63, 3.8) is 0 Å². The van der Waals surface area contributed by atoms with E-state index >= 15 is 0 Å². The topological polar surface area (TPSA) is 49.3 Å². The number of nitrogens with one attached hydrogen (secondary N) is 1. The van der Waals surface area contributed by atoms with Gasteiger partial charge in [-0.15, -0.1) is 0 Å². The van der Waals surface area contributed by atoms with E-state index in [1.807, 2.05) is 18.2 Å². The fourth-order valence-corrected chi connectivity index (χ4v) is 3.67. The van der Waals surface area contributed by atoms with Crippen LogP contribution in [0.15, 0.2) is 54.6 Å². The molecule has 2 aromatic carbocycles. The minimum absolute atomic E-state index is 0.139. The van der Waals surface area contributed by atoms with Crippen molar-refractivity contribution in [2.45, 2.75) is 44.7 Å². The molecule has 3 nitrogen and oxygen atoms in total. The highest BCUT2D eigenvalue weighted by Gasteiger charge is 2.43. The third-order valence-corrected chi connectivity index (χ3v) is 5.19. The Hall–Kier alpha value is -2.13. The Bertz CT molecular complexity index is 668. The summed E-state index contributed by atoms with van der Waals surface area (Å²) in [4.78, 5) is 11.7. The summed E-state index contributed by atoms with van der Waals surface area (Å²) in [5.74, 6) is 0.275. The van der Waals surface area contributed by atoms with Gasteiger partial charge in [0, 0.05) is 17.5 Å². The second-order valence-electron chi connectivity index (χ2n) is 7.14. The standard InChI is InChI=1S/C21H25NO2/c1-21(15-23)14-18(10-7-16-5-3-2-4-6-16)22-20(21)13-17-8-11-19(24)12-9-17/h2-6,8-9,11-12,15,18,20,22,24H,7,10,13-14H2,1H3. The minimum atomic E-state index is -0.334. The molecule has 24 heavy (non-hydrogen) atoms.